The number of carbonyl (C=O) groups is 1. The Morgan fingerprint density at radius 2 is 2.32 bits per heavy atom. The van der Waals surface area contributed by atoms with Crippen LogP contribution in [0.25, 0.3) is 0 Å². The number of carbonyl (C=O) groups excluding carboxylic acids is 1. The Labute approximate surface area is 129 Å². The number of nitro groups is 1. The fraction of sp³-hybridized carbons (Fsp3) is 0.714. The Hall–Kier alpha value is -1.96. The summed E-state index contributed by atoms with van der Waals surface area (Å²) in [7, 11) is 0. The van der Waals surface area contributed by atoms with Gasteiger partial charge in [0.25, 0.3) is 0 Å². The fourth-order valence-corrected chi connectivity index (χ4v) is 2.79. The lowest BCUT2D eigenvalue weighted by Crippen LogP contribution is -2.41. The van der Waals surface area contributed by atoms with Crippen molar-refractivity contribution in [2.24, 2.45) is 0 Å². The summed E-state index contributed by atoms with van der Waals surface area (Å²) in [5, 5.41) is 18.0. The predicted molar refractivity (Wildman–Crippen MR) is 79.6 cm³/mol. The summed E-state index contributed by atoms with van der Waals surface area (Å²) in [5.74, 6) is -0.0989. The van der Waals surface area contributed by atoms with Gasteiger partial charge in [0.05, 0.1) is 23.6 Å². The molecule has 1 amide bonds. The van der Waals surface area contributed by atoms with Crippen molar-refractivity contribution in [1.29, 1.82) is 0 Å². The summed E-state index contributed by atoms with van der Waals surface area (Å²) >= 11 is 0. The molecule has 0 spiro atoms. The lowest BCUT2D eigenvalue weighted by atomic mass is 10.1. The Balaban J connectivity index is 1.88. The molecular weight excluding hydrogens is 288 g/mol. The summed E-state index contributed by atoms with van der Waals surface area (Å²) in [5.41, 5.74) is 0.867. The maximum atomic E-state index is 12.0. The maximum absolute atomic E-state index is 12.0. The Kier molecular flexibility index (Phi) is 5.12. The van der Waals surface area contributed by atoms with Gasteiger partial charge in [-0.2, -0.15) is 5.10 Å². The van der Waals surface area contributed by atoms with Crippen molar-refractivity contribution in [3.05, 3.63) is 21.5 Å². The van der Waals surface area contributed by atoms with Crippen LogP contribution in [0.3, 0.4) is 0 Å². The highest BCUT2D eigenvalue weighted by Crippen LogP contribution is 2.22. The van der Waals surface area contributed by atoms with E-state index in [0.717, 1.165) is 19.4 Å². The molecule has 8 nitrogen and oxygen atoms in total. The molecule has 1 N–H and O–H groups in total. The second-order valence-corrected chi connectivity index (χ2v) is 5.66. The molecule has 8 heteroatoms. The summed E-state index contributed by atoms with van der Waals surface area (Å²) < 4.78 is 7.05. The molecule has 2 atom stereocenters. The number of amides is 1. The zero-order valence-electron chi connectivity index (χ0n) is 13.2. The van der Waals surface area contributed by atoms with Gasteiger partial charge in [-0.25, -0.2) is 0 Å². The van der Waals surface area contributed by atoms with Crippen LogP contribution in [-0.2, 0) is 16.1 Å². The minimum Gasteiger partial charge on any atom is -0.376 e. The first-order valence-electron chi connectivity index (χ1n) is 7.49. The fourth-order valence-electron chi connectivity index (χ4n) is 2.79. The number of aryl methyl sites for hydroxylation is 2. The highest BCUT2D eigenvalue weighted by atomic mass is 16.6. The zero-order valence-corrected chi connectivity index (χ0v) is 13.2. The van der Waals surface area contributed by atoms with Crippen LogP contribution in [-0.4, -0.2) is 39.4 Å². The summed E-state index contributed by atoms with van der Waals surface area (Å²) in [6.07, 6.45) is 2.31. The summed E-state index contributed by atoms with van der Waals surface area (Å²) in [4.78, 5) is 22.5. The molecule has 0 bridgehead atoms. The largest absolute Gasteiger partial charge is 0.376 e. The van der Waals surface area contributed by atoms with E-state index in [1.165, 1.54) is 4.68 Å². The average molecular weight is 310 g/mol. The van der Waals surface area contributed by atoms with Crippen molar-refractivity contribution in [2.45, 2.75) is 58.7 Å². The van der Waals surface area contributed by atoms with Crippen molar-refractivity contribution in [3.8, 4) is 0 Å². The van der Waals surface area contributed by atoms with E-state index in [2.05, 4.69) is 10.4 Å². The number of rotatable bonds is 6. The molecule has 0 aliphatic carbocycles. The third-order valence-electron chi connectivity index (χ3n) is 3.99. The van der Waals surface area contributed by atoms with Crippen molar-refractivity contribution >= 4 is 11.6 Å². The molecule has 1 fully saturated rings. The Morgan fingerprint density at radius 1 is 1.59 bits per heavy atom. The molecule has 0 aromatic carbocycles. The molecule has 0 radical (unpaired) electrons. The topological polar surface area (TPSA) is 99.3 Å². The third kappa shape index (κ3) is 3.62. The number of aromatic nitrogens is 2. The van der Waals surface area contributed by atoms with Gasteiger partial charge in [0, 0.05) is 13.0 Å². The van der Waals surface area contributed by atoms with Crippen LogP contribution in [0.2, 0.25) is 0 Å². The monoisotopic (exact) mass is 310 g/mol. The summed E-state index contributed by atoms with van der Waals surface area (Å²) in [6, 6.07) is -0.0233. The third-order valence-corrected chi connectivity index (χ3v) is 3.99. The highest BCUT2D eigenvalue weighted by molar-refractivity contribution is 5.76. The van der Waals surface area contributed by atoms with Crippen molar-refractivity contribution < 1.29 is 14.5 Å². The van der Waals surface area contributed by atoms with Gasteiger partial charge in [-0.3, -0.25) is 19.6 Å². The van der Waals surface area contributed by atoms with E-state index >= 15 is 0 Å². The predicted octanol–water partition coefficient (Wildman–Crippen LogP) is 1.48. The van der Waals surface area contributed by atoms with Gasteiger partial charge in [-0.15, -0.1) is 0 Å². The zero-order chi connectivity index (χ0) is 16.3. The number of nitrogens with zero attached hydrogens (tertiary/aromatic N) is 3. The molecule has 1 aliphatic heterocycles. The lowest BCUT2D eigenvalue weighted by Gasteiger charge is -2.20. The van der Waals surface area contributed by atoms with Crippen molar-refractivity contribution in [3.63, 3.8) is 0 Å². The number of nitrogens with one attached hydrogen (secondary N) is 1. The molecule has 2 rings (SSSR count). The molecule has 22 heavy (non-hydrogen) atoms. The second-order valence-electron chi connectivity index (χ2n) is 5.66. The van der Waals surface area contributed by atoms with Crippen LogP contribution in [0.15, 0.2) is 0 Å². The Bertz CT molecular complexity index is 563. The quantitative estimate of drug-likeness (QED) is 0.634. The molecule has 0 unspecified atom stereocenters. The van der Waals surface area contributed by atoms with Crippen LogP contribution in [0.4, 0.5) is 5.69 Å². The molecule has 1 aromatic heterocycles. The van der Waals surface area contributed by atoms with Crippen LogP contribution >= 0.6 is 0 Å². The minimum absolute atomic E-state index is 0.0214. The van der Waals surface area contributed by atoms with E-state index in [1.807, 2.05) is 6.92 Å². The maximum Gasteiger partial charge on any atom is 0.312 e. The summed E-state index contributed by atoms with van der Waals surface area (Å²) in [6.45, 7) is 6.25. The van der Waals surface area contributed by atoms with Gasteiger partial charge < -0.3 is 10.1 Å². The number of ether oxygens (including phenoxy) is 1. The van der Waals surface area contributed by atoms with Crippen LogP contribution < -0.4 is 5.32 Å². The molecule has 122 valence electrons. The van der Waals surface area contributed by atoms with E-state index in [-0.39, 0.29) is 30.2 Å². The second kappa shape index (κ2) is 6.87. The van der Waals surface area contributed by atoms with Crippen LogP contribution in [0.5, 0.6) is 0 Å². The molecule has 1 aromatic rings. The van der Waals surface area contributed by atoms with Crippen LogP contribution in [0, 0.1) is 24.0 Å². The van der Waals surface area contributed by atoms with Crippen molar-refractivity contribution in [2.75, 3.05) is 6.61 Å². The van der Waals surface area contributed by atoms with E-state index < -0.39 is 4.92 Å². The molecule has 1 saturated heterocycles. The average Bonchev–Trinajstić information content (AvgIpc) is 3.04. The van der Waals surface area contributed by atoms with Gasteiger partial charge in [0.2, 0.25) is 5.91 Å². The standard InChI is InChI=1S/C14H22N4O4/c1-9(12-5-4-8-22-12)15-13(19)6-7-17-11(3)14(18(20)21)10(2)16-17/h9,12H,4-8H2,1-3H3,(H,15,19)/t9-,12+/m0/s1. The first-order valence-corrected chi connectivity index (χ1v) is 7.49. The smallest absolute Gasteiger partial charge is 0.312 e. The highest BCUT2D eigenvalue weighted by Gasteiger charge is 2.24. The van der Waals surface area contributed by atoms with Crippen LogP contribution in [0.1, 0.15) is 37.6 Å². The van der Waals surface area contributed by atoms with E-state index in [4.69, 9.17) is 4.74 Å². The lowest BCUT2D eigenvalue weighted by molar-refractivity contribution is -0.386. The van der Waals surface area contributed by atoms with Gasteiger partial charge in [0.15, 0.2) is 0 Å². The normalized spacial score (nSPS) is 19.1. The SMILES string of the molecule is Cc1nn(CCC(=O)N[C@@H](C)[C@H]2CCCO2)c(C)c1[N+](=O)[O-]. The van der Waals surface area contributed by atoms with Gasteiger partial charge in [-0.05, 0) is 33.6 Å². The molecule has 1 aliphatic rings. The van der Waals surface area contributed by atoms with E-state index in [1.54, 1.807) is 13.8 Å². The number of hydrogen-bond acceptors (Lipinski definition) is 5. The first-order chi connectivity index (χ1) is 10.4. The van der Waals surface area contributed by atoms with E-state index in [0.29, 0.717) is 17.9 Å². The van der Waals surface area contributed by atoms with Crippen molar-refractivity contribution in [1.82, 2.24) is 15.1 Å². The van der Waals surface area contributed by atoms with Gasteiger partial charge >= 0.3 is 5.69 Å². The van der Waals surface area contributed by atoms with E-state index in [9.17, 15) is 14.9 Å². The Morgan fingerprint density at radius 3 is 2.86 bits per heavy atom. The van der Waals surface area contributed by atoms with Gasteiger partial charge in [0.1, 0.15) is 11.4 Å². The molecule has 0 saturated carbocycles. The number of hydrogen-bond donors (Lipinski definition) is 1. The minimum atomic E-state index is -0.437. The molecular formula is C14H22N4O4. The molecule has 2 heterocycles. The first kappa shape index (κ1) is 16.4. The van der Waals surface area contributed by atoms with Gasteiger partial charge in [-0.1, -0.05) is 0 Å².